The average molecular weight is 273 g/mol. The second-order valence-electron chi connectivity index (χ2n) is 4.93. The predicted molar refractivity (Wildman–Crippen MR) is 70.4 cm³/mol. The number of rotatable bonds is 8. The first-order chi connectivity index (χ1) is 8.73. The molecule has 0 saturated carbocycles. The smallest absolute Gasteiger partial charge is 0.315 e. The molecule has 110 valence electrons. The second kappa shape index (κ2) is 8.34. The van der Waals surface area contributed by atoms with E-state index >= 15 is 0 Å². The van der Waals surface area contributed by atoms with Crippen molar-refractivity contribution in [3.05, 3.63) is 0 Å². The highest BCUT2D eigenvalue weighted by Gasteiger charge is 2.22. The molecule has 3 amide bonds. The van der Waals surface area contributed by atoms with Gasteiger partial charge >= 0.3 is 12.0 Å². The lowest BCUT2D eigenvalue weighted by Crippen LogP contribution is -2.52. The molecule has 0 spiro atoms. The van der Waals surface area contributed by atoms with Crippen LogP contribution in [0.5, 0.6) is 0 Å². The quantitative estimate of drug-likeness (QED) is 0.512. The summed E-state index contributed by atoms with van der Waals surface area (Å²) in [5.74, 6) is -1.53. The van der Waals surface area contributed by atoms with Gasteiger partial charge in [0.05, 0.1) is 0 Å². The van der Waals surface area contributed by atoms with Crippen LogP contribution in [0.3, 0.4) is 0 Å². The van der Waals surface area contributed by atoms with E-state index in [1.807, 2.05) is 0 Å². The number of primary amides is 1. The van der Waals surface area contributed by atoms with Crippen molar-refractivity contribution in [2.24, 2.45) is 11.7 Å². The van der Waals surface area contributed by atoms with E-state index in [4.69, 9.17) is 10.8 Å². The molecule has 0 radical (unpaired) electrons. The van der Waals surface area contributed by atoms with Gasteiger partial charge in [-0.2, -0.15) is 0 Å². The fourth-order valence-electron chi connectivity index (χ4n) is 1.60. The Balaban J connectivity index is 4.08. The maximum Gasteiger partial charge on any atom is 0.315 e. The number of carboxylic acids is 1. The van der Waals surface area contributed by atoms with Gasteiger partial charge in [0.15, 0.2) is 0 Å². The van der Waals surface area contributed by atoms with Gasteiger partial charge in [-0.1, -0.05) is 13.8 Å². The number of carbonyl (C=O) groups excluding carboxylic acids is 2. The Hall–Kier alpha value is -1.79. The summed E-state index contributed by atoms with van der Waals surface area (Å²) in [7, 11) is 0. The van der Waals surface area contributed by atoms with Gasteiger partial charge in [-0.15, -0.1) is 0 Å². The highest BCUT2D eigenvalue weighted by Crippen LogP contribution is 2.02. The van der Waals surface area contributed by atoms with E-state index in [-0.39, 0.29) is 18.4 Å². The molecule has 5 N–H and O–H groups in total. The minimum absolute atomic E-state index is 0.0730. The average Bonchev–Trinajstić information content (AvgIpc) is 2.24. The molecule has 7 heteroatoms. The maximum absolute atomic E-state index is 11.6. The molecular formula is C12H23N3O4. The summed E-state index contributed by atoms with van der Waals surface area (Å²) in [6.07, 6.45) is 1.12. The molecule has 0 aromatic rings. The molecule has 0 aliphatic carbocycles. The number of nitrogens with two attached hydrogens (primary N) is 1. The fourth-order valence-corrected chi connectivity index (χ4v) is 1.60. The van der Waals surface area contributed by atoms with Crippen molar-refractivity contribution in [1.82, 2.24) is 10.6 Å². The molecule has 2 unspecified atom stereocenters. The van der Waals surface area contributed by atoms with Crippen LogP contribution in [0, 0.1) is 5.92 Å². The van der Waals surface area contributed by atoms with Gasteiger partial charge in [0.1, 0.15) is 6.04 Å². The van der Waals surface area contributed by atoms with Gasteiger partial charge in [-0.25, -0.2) is 4.79 Å². The number of nitrogens with one attached hydrogen (secondary N) is 2. The minimum Gasteiger partial charge on any atom is -0.481 e. The van der Waals surface area contributed by atoms with Crippen molar-refractivity contribution < 1.29 is 19.5 Å². The Morgan fingerprint density at radius 3 is 2.16 bits per heavy atom. The third kappa shape index (κ3) is 8.01. The third-order valence-electron chi connectivity index (χ3n) is 2.67. The normalized spacial score (nSPS) is 13.7. The SMILES string of the molecule is CC(CCCC(=O)O)NC(=O)NC(C(N)=O)C(C)C. The van der Waals surface area contributed by atoms with E-state index in [0.29, 0.717) is 12.8 Å². The lowest BCUT2D eigenvalue weighted by atomic mass is 10.0. The predicted octanol–water partition coefficient (Wildman–Crippen LogP) is 0.439. The van der Waals surface area contributed by atoms with Crippen LogP contribution in [0.25, 0.3) is 0 Å². The summed E-state index contributed by atoms with van der Waals surface area (Å²) in [5.41, 5.74) is 5.18. The number of hydrogen-bond acceptors (Lipinski definition) is 3. The maximum atomic E-state index is 11.6. The van der Waals surface area contributed by atoms with Gasteiger partial charge in [-0.05, 0) is 25.7 Å². The van der Waals surface area contributed by atoms with E-state index in [0.717, 1.165) is 0 Å². The monoisotopic (exact) mass is 273 g/mol. The Kier molecular flexibility index (Phi) is 7.55. The van der Waals surface area contributed by atoms with E-state index in [2.05, 4.69) is 10.6 Å². The number of carbonyl (C=O) groups is 3. The fraction of sp³-hybridized carbons (Fsp3) is 0.750. The standard InChI is InChI=1S/C12H23N3O4/c1-7(2)10(11(13)18)15-12(19)14-8(3)5-4-6-9(16)17/h7-8,10H,4-6H2,1-3H3,(H2,13,18)(H,16,17)(H2,14,15,19). The molecule has 7 nitrogen and oxygen atoms in total. The summed E-state index contributed by atoms with van der Waals surface area (Å²) in [6, 6.07) is -1.36. The minimum atomic E-state index is -0.856. The molecule has 0 aromatic carbocycles. The zero-order valence-electron chi connectivity index (χ0n) is 11.6. The van der Waals surface area contributed by atoms with Crippen LogP contribution in [0.2, 0.25) is 0 Å². The van der Waals surface area contributed by atoms with Crippen LogP contribution in [-0.4, -0.2) is 35.1 Å². The van der Waals surface area contributed by atoms with Crippen LogP contribution >= 0.6 is 0 Å². The molecule has 0 fully saturated rings. The summed E-state index contributed by atoms with van der Waals surface area (Å²) in [6.45, 7) is 5.34. The highest BCUT2D eigenvalue weighted by atomic mass is 16.4. The number of aliphatic carboxylic acids is 1. The highest BCUT2D eigenvalue weighted by molar-refractivity contribution is 5.86. The van der Waals surface area contributed by atoms with Crippen molar-refractivity contribution in [3.8, 4) is 0 Å². The zero-order valence-corrected chi connectivity index (χ0v) is 11.6. The van der Waals surface area contributed by atoms with E-state index in [1.54, 1.807) is 20.8 Å². The molecule has 0 aliphatic heterocycles. The van der Waals surface area contributed by atoms with Gasteiger partial charge in [0.2, 0.25) is 5.91 Å². The van der Waals surface area contributed by atoms with E-state index < -0.39 is 23.9 Å². The van der Waals surface area contributed by atoms with Crippen LogP contribution in [-0.2, 0) is 9.59 Å². The molecule has 19 heavy (non-hydrogen) atoms. The molecule has 0 heterocycles. The van der Waals surface area contributed by atoms with Crippen LogP contribution in [0.15, 0.2) is 0 Å². The lowest BCUT2D eigenvalue weighted by molar-refractivity contribution is -0.137. The lowest BCUT2D eigenvalue weighted by Gasteiger charge is -2.21. The van der Waals surface area contributed by atoms with E-state index in [9.17, 15) is 14.4 Å². The van der Waals surface area contributed by atoms with Crippen molar-refractivity contribution in [1.29, 1.82) is 0 Å². The Labute approximate surface area is 112 Å². The van der Waals surface area contributed by atoms with Gasteiger partial charge in [-0.3, -0.25) is 9.59 Å². The molecule has 0 rings (SSSR count). The first kappa shape index (κ1) is 17.2. The first-order valence-corrected chi connectivity index (χ1v) is 6.32. The summed E-state index contributed by atoms with van der Waals surface area (Å²) >= 11 is 0. The van der Waals surface area contributed by atoms with Crippen molar-refractivity contribution in [2.75, 3.05) is 0 Å². The van der Waals surface area contributed by atoms with Gasteiger partial charge in [0, 0.05) is 12.5 Å². The molecule has 2 atom stereocenters. The Morgan fingerprint density at radius 1 is 1.16 bits per heavy atom. The molecule has 0 aliphatic rings. The van der Waals surface area contributed by atoms with Gasteiger partial charge in [0.25, 0.3) is 0 Å². The van der Waals surface area contributed by atoms with Crippen LogP contribution in [0.4, 0.5) is 4.79 Å². The molecule has 0 saturated heterocycles. The van der Waals surface area contributed by atoms with Crippen molar-refractivity contribution in [3.63, 3.8) is 0 Å². The van der Waals surface area contributed by atoms with E-state index in [1.165, 1.54) is 0 Å². The second-order valence-corrected chi connectivity index (χ2v) is 4.93. The number of hydrogen-bond donors (Lipinski definition) is 4. The molecule has 0 aromatic heterocycles. The van der Waals surface area contributed by atoms with Crippen LogP contribution < -0.4 is 16.4 Å². The summed E-state index contributed by atoms with van der Waals surface area (Å²) in [4.78, 5) is 33.1. The number of carboxylic acid groups (broad SMARTS) is 1. The van der Waals surface area contributed by atoms with Crippen molar-refractivity contribution >= 4 is 17.9 Å². The first-order valence-electron chi connectivity index (χ1n) is 6.32. The Bertz CT molecular complexity index is 331. The zero-order chi connectivity index (χ0) is 15.0. The third-order valence-corrected chi connectivity index (χ3v) is 2.67. The molecular weight excluding hydrogens is 250 g/mol. The largest absolute Gasteiger partial charge is 0.481 e. The number of urea groups is 1. The summed E-state index contributed by atoms with van der Waals surface area (Å²) in [5, 5.41) is 13.6. The topological polar surface area (TPSA) is 122 Å². The summed E-state index contributed by atoms with van der Waals surface area (Å²) < 4.78 is 0. The van der Waals surface area contributed by atoms with Gasteiger partial charge < -0.3 is 21.5 Å². The number of amides is 3. The molecule has 0 bridgehead atoms. The van der Waals surface area contributed by atoms with Crippen molar-refractivity contribution in [2.45, 2.75) is 52.1 Å². The van der Waals surface area contributed by atoms with Crippen LogP contribution in [0.1, 0.15) is 40.0 Å². The Morgan fingerprint density at radius 2 is 1.74 bits per heavy atom.